The van der Waals surface area contributed by atoms with Crippen molar-refractivity contribution in [2.45, 2.75) is 33.1 Å². The second kappa shape index (κ2) is 10.4. The molecule has 0 radical (unpaired) electrons. The van der Waals surface area contributed by atoms with E-state index in [1.807, 2.05) is 0 Å². The number of fused-ring (bicyclic) bond motifs is 1. The lowest BCUT2D eigenvalue weighted by atomic mass is 9.95. The van der Waals surface area contributed by atoms with Crippen LogP contribution in [0.4, 0.5) is 0 Å². The van der Waals surface area contributed by atoms with Gasteiger partial charge in [-0.3, -0.25) is 4.79 Å². The summed E-state index contributed by atoms with van der Waals surface area (Å²) in [6, 6.07) is 4.22. The van der Waals surface area contributed by atoms with E-state index in [0.717, 1.165) is 29.6 Å². The number of rotatable bonds is 9. The Morgan fingerprint density at radius 2 is 2.00 bits per heavy atom. The maximum Gasteiger partial charge on any atom is 0.224 e. The van der Waals surface area contributed by atoms with E-state index in [9.17, 15) is 4.79 Å². The first-order chi connectivity index (χ1) is 11.5. The SMILES string of the molecule is COCCNCCNC(=O)Cc1coc2cc(C)c(C(C)C)cc12.Cl. The highest BCUT2D eigenvalue weighted by Gasteiger charge is 2.13. The lowest BCUT2D eigenvalue weighted by molar-refractivity contribution is -0.120. The molecule has 2 N–H and O–H groups in total. The van der Waals surface area contributed by atoms with Crippen LogP contribution in [-0.4, -0.2) is 39.3 Å². The molecule has 0 saturated heterocycles. The van der Waals surface area contributed by atoms with Gasteiger partial charge in [0.25, 0.3) is 0 Å². The van der Waals surface area contributed by atoms with Gasteiger partial charge in [0.05, 0.1) is 19.3 Å². The molecular weight excluding hydrogens is 340 g/mol. The topological polar surface area (TPSA) is 63.5 Å². The molecule has 1 aromatic heterocycles. The van der Waals surface area contributed by atoms with Gasteiger partial charge in [0.2, 0.25) is 5.91 Å². The first kappa shape index (κ1) is 21.5. The molecule has 0 bridgehead atoms. The molecule has 0 spiro atoms. The summed E-state index contributed by atoms with van der Waals surface area (Å²) in [4.78, 5) is 12.1. The van der Waals surface area contributed by atoms with Gasteiger partial charge in [-0.15, -0.1) is 12.4 Å². The van der Waals surface area contributed by atoms with Gasteiger partial charge in [-0.05, 0) is 36.1 Å². The van der Waals surface area contributed by atoms with E-state index in [4.69, 9.17) is 9.15 Å². The summed E-state index contributed by atoms with van der Waals surface area (Å²) in [6.45, 7) is 9.25. The van der Waals surface area contributed by atoms with Crippen molar-refractivity contribution in [3.8, 4) is 0 Å². The third-order valence-electron chi connectivity index (χ3n) is 4.12. The summed E-state index contributed by atoms with van der Waals surface area (Å²) in [6.07, 6.45) is 2.04. The normalized spacial score (nSPS) is 10.9. The first-order valence-electron chi connectivity index (χ1n) is 8.50. The summed E-state index contributed by atoms with van der Waals surface area (Å²) < 4.78 is 10.6. The zero-order valence-corrected chi connectivity index (χ0v) is 16.3. The van der Waals surface area contributed by atoms with E-state index in [1.54, 1.807) is 13.4 Å². The molecule has 1 amide bonds. The zero-order valence-electron chi connectivity index (χ0n) is 15.5. The van der Waals surface area contributed by atoms with Gasteiger partial charge in [0.15, 0.2) is 0 Å². The number of aryl methyl sites for hydroxylation is 1. The van der Waals surface area contributed by atoms with Crippen molar-refractivity contribution >= 4 is 29.3 Å². The molecule has 0 aliphatic carbocycles. The molecule has 0 unspecified atom stereocenters. The monoisotopic (exact) mass is 368 g/mol. The smallest absolute Gasteiger partial charge is 0.224 e. The Morgan fingerprint density at radius 1 is 1.24 bits per heavy atom. The second-order valence-electron chi connectivity index (χ2n) is 6.39. The quantitative estimate of drug-likeness (QED) is 0.667. The maximum absolute atomic E-state index is 12.1. The number of nitrogens with one attached hydrogen (secondary N) is 2. The Balaban J connectivity index is 0.00000312. The third kappa shape index (κ3) is 6.03. The molecule has 0 aliphatic heterocycles. The Kier molecular flexibility index (Phi) is 8.97. The first-order valence-corrected chi connectivity index (χ1v) is 8.50. The minimum absolute atomic E-state index is 0. The Labute approximate surface area is 155 Å². The van der Waals surface area contributed by atoms with Crippen LogP contribution >= 0.6 is 12.4 Å². The Hall–Kier alpha value is -1.56. The highest BCUT2D eigenvalue weighted by Crippen LogP contribution is 2.29. The third-order valence-corrected chi connectivity index (χ3v) is 4.12. The molecule has 1 aromatic carbocycles. The number of carbonyl (C=O) groups is 1. The predicted octanol–water partition coefficient (Wildman–Crippen LogP) is 3.18. The minimum atomic E-state index is 0. The zero-order chi connectivity index (χ0) is 17.5. The number of furan rings is 1. The molecule has 0 fully saturated rings. The lowest BCUT2D eigenvalue weighted by Crippen LogP contribution is -2.33. The summed E-state index contributed by atoms with van der Waals surface area (Å²) in [7, 11) is 1.67. The summed E-state index contributed by atoms with van der Waals surface area (Å²) in [5.74, 6) is 0.460. The summed E-state index contributed by atoms with van der Waals surface area (Å²) in [5, 5.41) is 7.16. The highest BCUT2D eigenvalue weighted by atomic mass is 35.5. The van der Waals surface area contributed by atoms with Crippen LogP contribution in [0.1, 0.15) is 36.5 Å². The summed E-state index contributed by atoms with van der Waals surface area (Å²) in [5.41, 5.74) is 4.32. The van der Waals surface area contributed by atoms with Crippen LogP contribution in [0.2, 0.25) is 0 Å². The van der Waals surface area contributed by atoms with E-state index in [0.29, 0.717) is 25.5 Å². The van der Waals surface area contributed by atoms with Crippen LogP contribution in [0.15, 0.2) is 22.8 Å². The number of hydrogen-bond donors (Lipinski definition) is 2. The second-order valence-corrected chi connectivity index (χ2v) is 6.39. The molecule has 2 aromatic rings. The fourth-order valence-corrected chi connectivity index (χ4v) is 2.83. The van der Waals surface area contributed by atoms with Crippen LogP contribution in [0.3, 0.4) is 0 Å². The van der Waals surface area contributed by atoms with Gasteiger partial charge >= 0.3 is 0 Å². The number of halogens is 1. The molecule has 0 aliphatic rings. The molecule has 2 rings (SSSR count). The van der Waals surface area contributed by atoms with Crippen molar-refractivity contribution in [1.29, 1.82) is 0 Å². The number of amides is 1. The van der Waals surface area contributed by atoms with Crippen LogP contribution < -0.4 is 10.6 Å². The molecule has 1 heterocycles. The Morgan fingerprint density at radius 3 is 2.68 bits per heavy atom. The predicted molar refractivity (Wildman–Crippen MR) is 104 cm³/mol. The van der Waals surface area contributed by atoms with Gasteiger partial charge in [-0.25, -0.2) is 0 Å². The maximum atomic E-state index is 12.1. The van der Waals surface area contributed by atoms with Crippen LogP contribution in [0.25, 0.3) is 11.0 Å². The van der Waals surface area contributed by atoms with Gasteiger partial charge in [-0.2, -0.15) is 0 Å². The molecule has 25 heavy (non-hydrogen) atoms. The summed E-state index contributed by atoms with van der Waals surface area (Å²) >= 11 is 0. The number of carbonyl (C=O) groups excluding carboxylic acids is 1. The molecule has 0 atom stereocenters. The number of hydrogen-bond acceptors (Lipinski definition) is 4. The fraction of sp³-hybridized carbons (Fsp3) is 0.526. The van der Waals surface area contributed by atoms with E-state index in [-0.39, 0.29) is 18.3 Å². The van der Waals surface area contributed by atoms with Crippen molar-refractivity contribution < 1.29 is 13.9 Å². The van der Waals surface area contributed by atoms with Crippen molar-refractivity contribution in [1.82, 2.24) is 10.6 Å². The average molecular weight is 369 g/mol. The van der Waals surface area contributed by atoms with Crippen LogP contribution in [0, 0.1) is 6.92 Å². The standard InChI is InChI=1S/C19H28N2O3.ClH/c1-13(2)16-11-17-15(12-24-18(17)9-14(16)3)10-19(22)21-6-5-20-7-8-23-4;/h9,11-13,20H,5-8,10H2,1-4H3,(H,21,22);1H. The molecule has 6 heteroatoms. The van der Waals surface area contributed by atoms with Crippen molar-refractivity contribution in [3.05, 3.63) is 35.1 Å². The van der Waals surface area contributed by atoms with Crippen LogP contribution in [-0.2, 0) is 16.0 Å². The van der Waals surface area contributed by atoms with E-state index in [2.05, 4.69) is 43.5 Å². The van der Waals surface area contributed by atoms with E-state index < -0.39 is 0 Å². The molecule has 5 nitrogen and oxygen atoms in total. The number of benzene rings is 1. The fourth-order valence-electron chi connectivity index (χ4n) is 2.83. The van der Waals surface area contributed by atoms with Crippen LogP contribution in [0.5, 0.6) is 0 Å². The molecule has 0 saturated carbocycles. The molecular formula is C19H29ClN2O3. The highest BCUT2D eigenvalue weighted by molar-refractivity contribution is 5.88. The van der Waals surface area contributed by atoms with E-state index in [1.165, 1.54) is 11.1 Å². The van der Waals surface area contributed by atoms with Crippen molar-refractivity contribution in [2.75, 3.05) is 33.4 Å². The van der Waals surface area contributed by atoms with Gasteiger partial charge in [-0.1, -0.05) is 13.8 Å². The number of ether oxygens (including phenoxy) is 1. The average Bonchev–Trinajstić information content (AvgIpc) is 2.91. The van der Waals surface area contributed by atoms with Crippen molar-refractivity contribution in [3.63, 3.8) is 0 Å². The molecule has 140 valence electrons. The van der Waals surface area contributed by atoms with Crippen molar-refractivity contribution in [2.24, 2.45) is 0 Å². The van der Waals surface area contributed by atoms with E-state index >= 15 is 0 Å². The lowest BCUT2D eigenvalue weighted by Gasteiger charge is -2.10. The largest absolute Gasteiger partial charge is 0.464 e. The number of methoxy groups -OCH3 is 1. The van der Waals surface area contributed by atoms with Gasteiger partial charge in [0, 0.05) is 37.7 Å². The van der Waals surface area contributed by atoms with Gasteiger partial charge < -0.3 is 19.8 Å². The Bertz CT molecular complexity index is 683. The minimum Gasteiger partial charge on any atom is -0.464 e. The van der Waals surface area contributed by atoms with Gasteiger partial charge in [0.1, 0.15) is 5.58 Å².